The molecule has 2 aliphatic rings. The van der Waals surface area contributed by atoms with E-state index in [1.807, 2.05) is 0 Å². The molecule has 1 saturated heterocycles. The summed E-state index contributed by atoms with van der Waals surface area (Å²) in [6.07, 6.45) is -8.16. The highest BCUT2D eigenvalue weighted by molar-refractivity contribution is 6.02. The predicted molar refractivity (Wildman–Crippen MR) is 108 cm³/mol. The monoisotopic (exact) mass is 448 g/mol. The normalized spacial score (nSPS) is 29.7. The summed E-state index contributed by atoms with van der Waals surface area (Å²) in [5.74, 6) is 0.0338. The molecule has 2 aromatic rings. The zero-order valence-electron chi connectivity index (χ0n) is 17.1. The summed E-state index contributed by atoms with van der Waals surface area (Å²) in [4.78, 5) is 13.0. The number of aliphatic hydroxyl groups is 4. The topological polar surface area (TPSA) is 155 Å². The second-order valence-corrected chi connectivity index (χ2v) is 7.64. The van der Waals surface area contributed by atoms with Gasteiger partial charge in [0.05, 0.1) is 20.1 Å². The quantitative estimate of drug-likeness (QED) is 0.431. The Morgan fingerprint density at radius 2 is 1.78 bits per heavy atom. The molecule has 0 spiro atoms. The van der Waals surface area contributed by atoms with Crippen LogP contribution in [0.1, 0.15) is 28.4 Å². The van der Waals surface area contributed by atoms with Gasteiger partial charge in [0.2, 0.25) is 6.29 Å². The summed E-state index contributed by atoms with van der Waals surface area (Å²) in [7, 11) is 1.55. The van der Waals surface area contributed by atoms with Gasteiger partial charge in [0, 0.05) is 12.1 Å². The molecule has 0 unspecified atom stereocenters. The molecule has 10 heteroatoms. The Hall–Kier alpha value is -2.89. The van der Waals surface area contributed by atoms with Crippen molar-refractivity contribution in [3.8, 4) is 23.0 Å². The molecule has 32 heavy (non-hydrogen) atoms. The first kappa shape index (κ1) is 22.3. The molecule has 2 aromatic carbocycles. The first-order valence-corrected chi connectivity index (χ1v) is 10.0. The minimum absolute atomic E-state index is 0.00482. The number of phenolic OH excluding ortho intramolecular Hbond substituents is 1. The molecule has 0 amide bonds. The summed E-state index contributed by atoms with van der Waals surface area (Å²) in [5, 5.41) is 49.6. The number of Topliss-reactive ketones (excluding diaryl/α,β-unsaturated/α-hetero) is 1. The van der Waals surface area contributed by atoms with Crippen LogP contribution in [-0.2, 0) is 4.74 Å². The standard InChI is InChI=1S/C22H24O10/c1-29-12-4-2-10(3-5-12)14-8-13(25)18-15(30-14)6-11(24)7-16(18)31-22-21(28)20(27)19(26)17(9-23)32-22/h2-7,14,17,19-24,26-28H,8-9H2,1H3/t14-,17+,19+,20-,21+,22+/m0/s1. The molecular formula is C22H24O10. The van der Waals surface area contributed by atoms with Crippen molar-refractivity contribution in [2.24, 2.45) is 0 Å². The average molecular weight is 448 g/mol. The van der Waals surface area contributed by atoms with Crippen LogP contribution in [0.3, 0.4) is 0 Å². The minimum atomic E-state index is -1.67. The van der Waals surface area contributed by atoms with E-state index in [0.717, 1.165) is 11.6 Å². The zero-order valence-corrected chi connectivity index (χ0v) is 17.1. The highest BCUT2D eigenvalue weighted by Crippen LogP contribution is 2.43. The number of rotatable bonds is 5. The molecule has 10 nitrogen and oxygen atoms in total. The van der Waals surface area contributed by atoms with Crippen LogP contribution in [0.2, 0.25) is 0 Å². The molecule has 0 aliphatic carbocycles. The fourth-order valence-corrected chi connectivity index (χ4v) is 3.80. The van der Waals surface area contributed by atoms with Crippen molar-refractivity contribution in [2.75, 3.05) is 13.7 Å². The van der Waals surface area contributed by atoms with Crippen molar-refractivity contribution < 1.29 is 49.3 Å². The molecule has 6 atom stereocenters. The summed E-state index contributed by atoms with van der Waals surface area (Å²) in [5.41, 5.74) is 0.786. The molecule has 4 rings (SSSR count). The van der Waals surface area contributed by atoms with Crippen molar-refractivity contribution in [3.63, 3.8) is 0 Å². The van der Waals surface area contributed by atoms with Gasteiger partial charge in [-0.25, -0.2) is 0 Å². The SMILES string of the molecule is COc1ccc([C@@H]2CC(=O)c3c(O[C@@H]4O[C@H](CO)[C@@H](O)[C@H](O)[C@H]4O)cc(O)cc3O2)cc1. The van der Waals surface area contributed by atoms with Crippen LogP contribution in [-0.4, -0.2) is 75.7 Å². The molecular weight excluding hydrogens is 424 g/mol. The van der Waals surface area contributed by atoms with E-state index in [4.69, 9.17) is 18.9 Å². The van der Waals surface area contributed by atoms with Crippen LogP contribution in [0.25, 0.3) is 0 Å². The van der Waals surface area contributed by atoms with Gasteiger partial charge in [0.15, 0.2) is 5.78 Å². The van der Waals surface area contributed by atoms with E-state index in [9.17, 15) is 30.3 Å². The van der Waals surface area contributed by atoms with Crippen molar-refractivity contribution in [1.29, 1.82) is 0 Å². The Morgan fingerprint density at radius 3 is 2.44 bits per heavy atom. The highest BCUT2D eigenvalue weighted by Gasteiger charge is 2.45. The van der Waals surface area contributed by atoms with Gasteiger partial charge in [-0.1, -0.05) is 12.1 Å². The Kier molecular flexibility index (Phi) is 6.22. The number of carbonyl (C=O) groups excluding carboxylic acids is 1. The third-order valence-electron chi connectivity index (χ3n) is 5.55. The van der Waals surface area contributed by atoms with E-state index in [-0.39, 0.29) is 35.0 Å². The largest absolute Gasteiger partial charge is 0.508 e. The number of aromatic hydroxyl groups is 1. The number of benzene rings is 2. The Bertz CT molecular complexity index is 973. The average Bonchev–Trinajstić information content (AvgIpc) is 2.78. The van der Waals surface area contributed by atoms with E-state index in [1.54, 1.807) is 31.4 Å². The first-order valence-electron chi connectivity index (χ1n) is 10.0. The fraction of sp³-hybridized carbons (Fsp3) is 0.409. The lowest BCUT2D eigenvalue weighted by molar-refractivity contribution is -0.277. The predicted octanol–water partition coefficient (Wildman–Crippen LogP) is 0.286. The number of aliphatic hydroxyl groups excluding tert-OH is 4. The number of ketones is 1. The van der Waals surface area contributed by atoms with Crippen LogP contribution >= 0.6 is 0 Å². The second-order valence-electron chi connectivity index (χ2n) is 7.64. The number of fused-ring (bicyclic) bond motifs is 1. The van der Waals surface area contributed by atoms with E-state index in [0.29, 0.717) is 5.75 Å². The summed E-state index contributed by atoms with van der Waals surface area (Å²) in [6.45, 7) is -0.630. The molecule has 5 N–H and O–H groups in total. The molecule has 1 fully saturated rings. The van der Waals surface area contributed by atoms with Gasteiger partial charge in [-0.05, 0) is 17.7 Å². The molecule has 0 bridgehead atoms. The van der Waals surface area contributed by atoms with E-state index < -0.39 is 43.4 Å². The number of hydrogen-bond acceptors (Lipinski definition) is 10. The lowest BCUT2D eigenvalue weighted by Gasteiger charge is -2.40. The number of ether oxygens (including phenoxy) is 4. The minimum Gasteiger partial charge on any atom is -0.508 e. The molecule has 0 saturated carbocycles. The first-order chi connectivity index (χ1) is 15.3. The van der Waals surface area contributed by atoms with Crippen molar-refractivity contribution in [3.05, 3.63) is 47.5 Å². The van der Waals surface area contributed by atoms with Crippen LogP contribution < -0.4 is 14.2 Å². The van der Waals surface area contributed by atoms with Gasteiger partial charge >= 0.3 is 0 Å². The zero-order chi connectivity index (χ0) is 23.0. The molecule has 2 aliphatic heterocycles. The van der Waals surface area contributed by atoms with Gasteiger partial charge in [-0.2, -0.15) is 0 Å². The van der Waals surface area contributed by atoms with Crippen molar-refractivity contribution >= 4 is 5.78 Å². The maximum Gasteiger partial charge on any atom is 0.229 e. The maximum atomic E-state index is 13.0. The Balaban J connectivity index is 1.61. The van der Waals surface area contributed by atoms with Crippen LogP contribution in [0.15, 0.2) is 36.4 Å². The summed E-state index contributed by atoms with van der Waals surface area (Å²) < 4.78 is 22.0. The number of carbonyl (C=O) groups is 1. The smallest absolute Gasteiger partial charge is 0.229 e. The molecule has 0 radical (unpaired) electrons. The third-order valence-corrected chi connectivity index (χ3v) is 5.55. The van der Waals surface area contributed by atoms with Gasteiger partial charge in [-0.15, -0.1) is 0 Å². The Labute approximate surface area is 183 Å². The maximum absolute atomic E-state index is 13.0. The molecule has 172 valence electrons. The lowest BCUT2D eigenvalue weighted by atomic mass is 9.95. The third kappa shape index (κ3) is 4.10. The van der Waals surface area contributed by atoms with Gasteiger partial charge in [0.25, 0.3) is 0 Å². The van der Waals surface area contributed by atoms with Crippen LogP contribution in [0.5, 0.6) is 23.0 Å². The summed E-state index contributed by atoms with van der Waals surface area (Å²) in [6, 6.07) is 9.48. The highest BCUT2D eigenvalue weighted by atomic mass is 16.7. The van der Waals surface area contributed by atoms with E-state index in [2.05, 4.69) is 0 Å². The van der Waals surface area contributed by atoms with Gasteiger partial charge < -0.3 is 44.5 Å². The number of methoxy groups -OCH3 is 1. The number of hydrogen-bond donors (Lipinski definition) is 5. The number of phenols is 1. The Morgan fingerprint density at radius 1 is 1.06 bits per heavy atom. The van der Waals surface area contributed by atoms with Gasteiger partial charge in [-0.3, -0.25) is 4.79 Å². The van der Waals surface area contributed by atoms with E-state index in [1.165, 1.54) is 6.07 Å². The molecule has 0 aromatic heterocycles. The summed E-state index contributed by atoms with van der Waals surface area (Å²) >= 11 is 0. The lowest BCUT2D eigenvalue weighted by Crippen LogP contribution is -2.60. The van der Waals surface area contributed by atoms with Crippen LogP contribution in [0.4, 0.5) is 0 Å². The molecule has 2 heterocycles. The fourth-order valence-electron chi connectivity index (χ4n) is 3.80. The second kappa shape index (κ2) is 8.93. The van der Waals surface area contributed by atoms with Gasteiger partial charge in [0.1, 0.15) is 59.1 Å². The van der Waals surface area contributed by atoms with Crippen molar-refractivity contribution in [2.45, 2.75) is 43.2 Å². The van der Waals surface area contributed by atoms with Crippen molar-refractivity contribution in [1.82, 2.24) is 0 Å². The van der Waals surface area contributed by atoms with Crippen LogP contribution in [0, 0.1) is 0 Å². The van der Waals surface area contributed by atoms with E-state index >= 15 is 0 Å².